The molecule has 2 heterocycles. The number of nitrogens with two attached hydrogens (primary N) is 1. The number of likely N-dealkylation sites (tertiary alicyclic amines) is 1. The minimum Gasteiger partial charge on any atom is -0.386 e. The van der Waals surface area contributed by atoms with E-state index in [4.69, 9.17) is 5.73 Å². The number of rotatable bonds is 8. The normalized spacial score (nSPS) is 22.4. The summed E-state index contributed by atoms with van der Waals surface area (Å²) in [4.78, 5) is 23.2. The number of halogens is 10. The number of carbonyl (C=O) groups is 1. The third-order valence-electron chi connectivity index (χ3n) is 7.72. The van der Waals surface area contributed by atoms with E-state index in [0.29, 0.717) is 0 Å². The number of alkyl halides is 10. The van der Waals surface area contributed by atoms with E-state index >= 15 is 0 Å². The molecular weight excluding hydrogens is 580 g/mol. The summed E-state index contributed by atoms with van der Waals surface area (Å²) in [5.41, 5.74) is 4.62. The van der Waals surface area contributed by atoms with Gasteiger partial charge in [-0.2, -0.15) is 43.9 Å². The second-order valence-corrected chi connectivity index (χ2v) is 10.3. The van der Waals surface area contributed by atoms with Gasteiger partial charge in [-0.25, -0.2) is 9.97 Å². The number of carbonyl (C=O) groups excluding carboxylic acids is 1. The zero-order valence-electron chi connectivity index (χ0n) is 21.1. The molecule has 17 heteroatoms. The highest BCUT2D eigenvalue weighted by Crippen LogP contribution is 2.50. The predicted molar refractivity (Wildman–Crippen MR) is 124 cm³/mol. The minimum absolute atomic E-state index is 0.0353. The Balaban J connectivity index is 1.44. The van der Waals surface area contributed by atoms with Gasteiger partial charge in [-0.05, 0) is 49.8 Å². The molecule has 1 aromatic carbocycles. The van der Waals surface area contributed by atoms with Crippen LogP contribution in [0.1, 0.15) is 31.2 Å². The molecule has 2 aliphatic rings. The van der Waals surface area contributed by atoms with Gasteiger partial charge >= 0.3 is 24.2 Å². The number of nitrogens with zero attached hydrogens (tertiary/aromatic N) is 4. The van der Waals surface area contributed by atoms with Crippen molar-refractivity contribution in [2.24, 2.45) is 11.7 Å². The average Bonchev–Trinajstić information content (AvgIpc) is 2.85. The summed E-state index contributed by atoms with van der Waals surface area (Å²) < 4.78 is 132. The molecule has 0 bridgehead atoms. The largest absolute Gasteiger partial charge is 0.459 e. The van der Waals surface area contributed by atoms with Crippen LogP contribution in [0, 0.1) is 5.92 Å². The van der Waals surface area contributed by atoms with Gasteiger partial charge in [-0.1, -0.05) is 0 Å². The van der Waals surface area contributed by atoms with Gasteiger partial charge in [0, 0.05) is 24.5 Å². The van der Waals surface area contributed by atoms with Crippen LogP contribution in [0.15, 0.2) is 24.5 Å². The van der Waals surface area contributed by atoms with Gasteiger partial charge in [0.25, 0.3) is 0 Å². The lowest BCUT2D eigenvalue weighted by molar-refractivity contribution is -0.375. The van der Waals surface area contributed by atoms with Crippen molar-refractivity contribution >= 4 is 22.6 Å². The molecule has 1 aliphatic heterocycles. The van der Waals surface area contributed by atoms with Crippen LogP contribution < -0.4 is 10.6 Å². The Labute approximate surface area is 226 Å². The van der Waals surface area contributed by atoms with Gasteiger partial charge in [-0.15, -0.1) is 0 Å². The monoisotopic (exact) mass is 605 g/mol. The van der Waals surface area contributed by atoms with Crippen molar-refractivity contribution in [2.75, 3.05) is 24.5 Å². The van der Waals surface area contributed by atoms with Crippen LogP contribution in [0.4, 0.5) is 49.7 Å². The summed E-state index contributed by atoms with van der Waals surface area (Å²) in [5, 5.41) is 9.84. The molecular formula is C24H25F10N5O2. The summed E-state index contributed by atoms with van der Waals surface area (Å²) in [7, 11) is 0. The van der Waals surface area contributed by atoms with Crippen LogP contribution in [-0.4, -0.2) is 81.7 Å². The fourth-order valence-corrected chi connectivity index (χ4v) is 5.43. The van der Waals surface area contributed by atoms with Gasteiger partial charge in [0.05, 0.1) is 23.7 Å². The van der Waals surface area contributed by atoms with Gasteiger partial charge in [-0.3, -0.25) is 9.69 Å². The minimum atomic E-state index is -6.54. The number of aliphatic hydroxyl groups is 1. The molecule has 7 nitrogen and oxygen atoms in total. The molecule has 1 amide bonds. The highest BCUT2D eigenvalue weighted by molar-refractivity contribution is 5.92. The lowest BCUT2D eigenvalue weighted by Crippen LogP contribution is -2.64. The van der Waals surface area contributed by atoms with E-state index in [1.54, 1.807) is 0 Å². The van der Waals surface area contributed by atoms with Crippen molar-refractivity contribution in [3.63, 3.8) is 0 Å². The molecule has 2 aromatic rings. The molecule has 1 saturated heterocycles. The Hall–Kier alpha value is -2.95. The Kier molecular flexibility index (Phi) is 8.10. The Morgan fingerprint density at radius 1 is 1.00 bits per heavy atom. The Bertz CT molecular complexity index is 1260. The number of aliphatic hydroxyl groups excluding tert-OH is 1. The molecule has 0 spiro atoms. The molecule has 228 valence electrons. The molecule has 1 saturated carbocycles. The number of hydrogen-bond acceptors (Lipinski definition) is 6. The van der Waals surface area contributed by atoms with Crippen molar-refractivity contribution in [1.29, 1.82) is 0 Å². The molecule has 3 N–H and O–H groups in total. The van der Waals surface area contributed by atoms with E-state index in [1.807, 2.05) is 4.90 Å². The Morgan fingerprint density at radius 2 is 1.61 bits per heavy atom. The van der Waals surface area contributed by atoms with Gasteiger partial charge in [0.15, 0.2) is 0 Å². The molecule has 1 atom stereocenters. The van der Waals surface area contributed by atoms with Crippen molar-refractivity contribution in [1.82, 2.24) is 14.9 Å². The summed E-state index contributed by atoms with van der Waals surface area (Å²) >= 11 is 0. The predicted octanol–water partition coefficient (Wildman–Crippen LogP) is 4.38. The summed E-state index contributed by atoms with van der Waals surface area (Å²) in [6, 6.07) is 2.14. The maximum absolute atomic E-state index is 14.0. The fourth-order valence-electron chi connectivity index (χ4n) is 5.43. The molecule has 4 rings (SSSR count). The van der Waals surface area contributed by atoms with Crippen molar-refractivity contribution < 1.29 is 53.8 Å². The lowest BCUT2D eigenvalue weighted by atomic mass is 9.78. The van der Waals surface area contributed by atoms with Crippen molar-refractivity contribution in [2.45, 2.75) is 68.1 Å². The van der Waals surface area contributed by atoms with Crippen molar-refractivity contribution in [3.8, 4) is 0 Å². The number of hydrogen-bond donors (Lipinski definition) is 2. The highest BCUT2D eigenvalue weighted by atomic mass is 19.4. The third kappa shape index (κ3) is 5.87. The van der Waals surface area contributed by atoms with Gasteiger partial charge in [0.2, 0.25) is 5.91 Å². The van der Waals surface area contributed by atoms with E-state index < -0.39 is 53.7 Å². The fraction of sp³-hybridized carbons (Fsp3) is 0.625. The zero-order chi connectivity index (χ0) is 30.5. The summed E-state index contributed by atoms with van der Waals surface area (Å²) in [5.74, 6) is -14.4. The number of benzene rings is 1. The second-order valence-electron chi connectivity index (χ2n) is 10.3. The van der Waals surface area contributed by atoms with E-state index in [-0.39, 0.29) is 68.1 Å². The van der Waals surface area contributed by atoms with E-state index in [1.165, 1.54) is 11.0 Å². The van der Waals surface area contributed by atoms with Crippen LogP contribution in [0.2, 0.25) is 0 Å². The first-order valence-electron chi connectivity index (χ1n) is 12.5. The number of anilines is 1. The molecule has 1 aromatic heterocycles. The zero-order valence-corrected chi connectivity index (χ0v) is 21.1. The Morgan fingerprint density at radius 3 is 2.15 bits per heavy atom. The smallest absolute Gasteiger partial charge is 0.386 e. The number of amides is 1. The maximum atomic E-state index is 14.0. The summed E-state index contributed by atoms with van der Waals surface area (Å²) in [6.07, 6.45) is -13.5. The quantitative estimate of drug-likeness (QED) is 0.434. The third-order valence-corrected chi connectivity index (χ3v) is 7.72. The summed E-state index contributed by atoms with van der Waals surface area (Å²) in [6.45, 7) is 0.109. The topological polar surface area (TPSA) is 95.6 Å². The van der Waals surface area contributed by atoms with Gasteiger partial charge in [0.1, 0.15) is 18.2 Å². The molecule has 1 aliphatic carbocycles. The number of fused-ring (bicyclic) bond motifs is 1. The highest BCUT2D eigenvalue weighted by Gasteiger charge is 2.76. The van der Waals surface area contributed by atoms with Crippen LogP contribution in [-0.2, 0) is 11.0 Å². The molecule has 0 radical (unpaired) electrons. The lowest BCUT2D eigenvalue weighted by Gasteiger charge is -2.50. The van der Waals surface area contributed by atoms with Crippen LogP contribution in [0.5, 0.6) is 0 Å². The van der Waals surface area contributed by atoms with Crippen LogP contribution >= 0.6 is 0 Å². The van der Waals surface area contributed by atoms with Gasteiger partial charge < -0.3 is 15.7 Å². The first kappa shape index (κ1) is 31.0. The number of aromatic nitrogens is 2. The van der Waals surface area contributed by atoms with E-state index in [0.717, 1.165) is 18.5 Å². The first-order valence-corrected chi connectivity index (χ1v) is 12.5. The van der Waals surface area contributed by atoms with E-state index in [2.05, 4.69) is 9.97 Å². The van der Waals surface area contributed by atoms with Crippen LogP contribution in [0.25, 0.3) is 10.9 Å². The van der Waals surface area contributed by atoms with Crippen molar-refractivity contribution in [3.05, 3.63) is 30.1 Å². The molecule has 1 unspecified atom stereocenters. The number of primary amides is 1. The first-order chi connectivity index (χ1) is 18.8. The van der Waals surface area contributed by atoms with E-state index in [9.17, 15) is 53.8 Å². The molecule has 41 heavy (non-hydrogen) atoms. The standard InChI is InChI=1S/C24H25F10N5O2/c25-21(26,23(30,31)24(32,33)34)19(41)12-1-4-14(5-2-12)38-8-15(9-38)39(10-18(35)40)20-16-7-13(22(27,28)29)3-6-17(16)36-11-37-20/h3,6-7,11-12,14-15,19,41H,1-2,4-5,8-10H2,(H2,35,40). The molecule has 2 fully saturated rings. The van der Waals surface area contributed by atoms with Crippen LogP contribution in [0.3, 0.4) is 0 Å². The maximum Gasteiger partial charge on any atom is 0.459 e. The second kappa shape index (κ2) is 10.7. The average molecular weight is 605 g/mol. The SMILES string of the molecule is NC(=O)CN(c1ncnc2ccc(C(F)(F)F)cc12)C1CN(C2CCC(C(O)C(F)(F)C(F)(F)C(F)(F)F)CC2)C1.